The van der Waals surface area contributed by atoms with Gasteiger partial charge in [-0.05, 0) is 48.0 Å². The molecule has 3 rings (SSSR count). The van der Waals surface area contributed by atoms with Crippen LogP contribution in [0.3, 0.4) is 0 Å². The second kappa shape index (κ2) is 9.46. The Bertz CT molecular complexity index is 1180. The monoisotopic (exact) mass is 440 g/mol. The van der Waals surface area contributed by atoms with E-state index < -0.39 is 27.1 Å². The summed E-state index contributed by atoms with van der Waals surface area (Å²) in [5, 5.41) is 26.1. The largest absolute Gasteiger partial charge is 0.450 e. The third-order valence-electron chi connectivity index (χ3n) is 3.96. The molecule has 0 aliphatic carbocycles. The van der Waals surface area contributed by atoms with Crippen LogP contribution in [0, 0.1) is 20.2 Å². The zero-order valence-corrected chi connectivity index (χ0v) is 16.4. The lowest BCUT2D eigenvalue weighted by Crippen LogP contribution is -2.17. The van der Waals surface area contributed by atoms with Crippen LogP contribution in [0.4, 0.5) is 11.4 Å². The number of carbonyl (C=O) groups excluding carboxylic acids is 1. The van der Waals surface area contributed by atoms with Crippen molar-refractivity contribution in [3.05, 3.63) is 103 Å². The molecule has 0 aromatic heterocycles. The molecule has 0 saturated heterocycles. The standard InChI is InChI=1S/C20H13ClN4O6/c21-17-4-2-1-3-16(17)20(26)23-22-12-13-5-8-15(9-6-13)31-19-10-7-14(24(27)28)11-18(19)25(29)30/h1-12H,(H,23,26)/b22-12-. The average molecular weight is 441 g/mol. The number of hydrogen-bond donors (Lipinski definition) is 1. The molecule has 0 spiro atoms. The lowest BCUT2D eigenvalue weighted by Gasteiger charge is -2.06. The van der Waals surface area contributed by atoms with Gasteiger partial charge >= 0.3 is 5.69 Å². The van der Waals surface area contributed by atoms with E-state index in [1.165, 1.54) is 18.3 Å². The van der Waals surface area contributed by atoms with Crippen molar-refractivity contribution < 1.29 is 19.4 Å². The quantitative estimate of drug-likeness (QED) is 0.320. The highest BCUT2D eigenvalue weighted by molar-refractivity contribution is 6.33. The van der Waals surface area contributed by atoms with E-state index in [0.29, 0.717) is 10.6 Å². The van der Waals surface area contributed by atoms with E-state index in [0.717, 1.165) is 18.2 Å². The summed E-state index contributed by atoms with van der Waals surface area (Å²) in [6.45, 7) is 0. The lowest BCUT2D eigenvalue weighted by atomic mass is 10.2. The Hall–Kier alpha value is -4.31. The first kappa shape index (κ1) is 21.4. The van der Waals surface area contributed by atoms with Gasteiger partial charge in [-0.2, -0.15) is 5.10 Å². The van der Waals surface area contributed by atoms with Gasteiger partial charge in [0.15, 0.2) is 0 Å². The molecule has 1 amide bonds. The van der Waals surface area contributed by atoms with E-state index >= 15 is 0 Å². The average Bonchev–Trinajstić information content (AvgIpc) is 2.75. The van der Waals surface area contributed by atoms with Crippen molar-refractivity contribution in [1.82, 2.24) is 5.43 Å². The van der Waals surface area contributed by atoms with Gasteiger partial charge in [0.05, 0.1) is 32.7 Å². The summed E-state index contributed by atoms with van der Waals surface area (Å²) in [4.78, 5) is 32.5. The number of halogens is 1. The highest BCUT2D eigenvalue weighted by atomic mass is 35.5. The van der Waals surface area contributed by atoms with Gasteiger partial charge in [-0.15, -0.1) is 0 Å². The number of nitro benzene ring substituents is 2. The van der Waals surface area contributed by atoms with E-state index in [1.807, 2.05) is 0 Å². The van der Waals surface area contributed by atoms with Crippen molar-refractivity contribution >= 4 is 35.1 Å². The van der Waals surface area contributed by atoms with E-state index in [4.69, 9.17) is 16.3 Å². The number of non-ortho nitro benzene ring substituents is 1. The molecule has 0 unspecified atom stereocenters. The molecule has 0 fully saturated rings. The molecule has 10 nitrogen and oxygen atoms in total. The number of rotatable bonds is 7. The summed E-state index contributed by atoms with van der Waals surface area (Å²) in [6, 6.07) is 15.9. The van der Waals surface area contributed by atoms with Gasteiger partial charge in [0, 0.05) is 6.07 Å². The molecule has 0 bridgehead atoms. The minimum Gasteiger partial charge on any atom is -0.450 e. The van der Waals surface area contributed by atoms with Crippen LogP contribution in [0.2, 0.25) is 5.02 Å². The summed E-state index contributed by atoms with van der Waals surface area (Å²) in [7, 11) is 0. The predicted octanol–water partition coefficient (Wildman–Crippen LogP) is 4.71. The van der Waals surface area contributed by atoms with Gasteiger partial charge in [-0.1, -0.05) is 23.7 Å². The molecule has 31 heavy (non-hydrogen) atoms. The molecule has 0 radical (unpaired) electrons. The summed E-state index contributed by atoms with van der Waals surface area (Å²) < 4.78 is 5.48. The number of amides is 1. The zero-order chi connectivity index (χ0) is 22.4. The number of nitro groups is 2. The lowest BCUT2D eigenvalue weighted by molar-refractivity contribution is -0.394. The maximum atomic E-state index is 12.0. The van der Waals surface area contributed by atoms with Crippen LogP contribution in [-0.2, 0) is 0 Å². The van der Waals surface area contributed by atoms with Crippen LogP contribution < -0.4 is 10.2 Å². The van der Waals surface area contributed by atoms with Crippen LogP contribution >= 0.6 is 11.6 Å². The first-order chi connectivity index (χ1) is 14.8. The van der Waals surface area contributed by atoms with E-state index in [2.05, 4.69) is 10.5 Å². The van der Waals surface area contributed by atoms with Crippen LogP contribution in [0.15, 0.2) is 71.8 Å². The van der Waals surface area contributed by atoms with Gasteiger partial charge in [0.2, 0.25) is 5.75 Å². The second-order valence-electron chi connectivity index (χ2n) is 6.02. The van der Waals surface area contributed by atoms with Gasteiger partial charge < -0.3 is 4.74 Å². The molecular weight excluding hydrogens is 428 g/mol. The van der Waals surface area contributed by atoms with Crippen molar-refractivity contribution in [3.63, 3.8) is 0 Å². The van der Waals surface area contributed by atoms with Crippen LogP contribution in [0.25, 0.3) is 0 Å². The third-order valence-corrected chi connectivity index (χ3v) is 4.29. The first-order valence-corrected chi connectivity index (χ1v) is 9.01. The fourth-order valence-electron chi connectivity index (χ4n) is 2.47. The summed E-state index contributed by atoms with van der Waals surface area (Å²) in [6.07, 6.45) is 1.40. The van der Waals surface area contributed by atoms with Gasteiger partial charge in [-0.3, -0.25) is 25.0 Å². The number of hydrazone groups is 1. The molecule has 0 atom stereocenters. The Morgan fingerprint density at radius 2 is 1.71 bits per heavy atom. The van der Waals surface area contributed by atoms with E-state index in [-0.39, 0.29) is 17.1 Å². The van der Waals surface area contributed by atoms with Crippen molar-refractivity contribution in [3.8, 4) is 11.5 Å². The maximum absolute atomic E-state index is 12.0. The molecule has 0 aliphatic rings. The molecule has 0 heterocycles. The van der Waals surface area contributed by atoms with Crippen LogP contribution in [0.1, 0.15) is 15.9 Å². The first-order valence-electron chi connectivity index (χ1n) is 8.64. The van der Waals surface area contributed by atoms with Crippen molar-refractivity contribution in [2.24, 2.45) is 5.10 Å². The van der Waals surface area contributed by atoms with Crippen LogP contribution in [-0.4, -0.2) is 22.0 Å². The van der Waals surface area contributed by atoms with Crippen molar-refractivity contribution in [2.75, 3.05) is 0 Å². The summed E-state index contributed by atoms with van der Waals surface area (Å²) in [5.74, 6) is -0.328. The van der Waals surface area contributed by atoms with Crippen LogP contribution in [0.5, 0.6) is 11.5 Å². The number of nitrogens with zero attached hydrogens (tertiary/aromatic N) is 3. The molecule has 1 N–H and O–H groups in total. The highest BCUT2D eigenvalue weighted by Gasteiger charge is 2.21. The maximum Gasteiger partial charge on any atom is 0.318 e. The topological polar surface area (TPSA) is 137 Å². The van der Waals surface area contributed by atoms with Crippen molar-refractivity contribution in [2.45, 2.75) is 0 Å². The third kappa shape index (κ3) is 5.40. The predicted molar refractivity (Wildman–Crippen MR) is 113 cm³/mol. The highest BCUT2D eigenvalue weighted by Crippen LogP contribution is 2.34. The fourth-order valence-corrected chi connectivity index (χ4v) is 2.69. The smallest absolute Gasteiger partial charge is 0.318 e. The van der Waals surface area contributed by atoms with Gasteiger partial charge in [0.25, 0.3) is 11.6 Å². The number of benzene rings is 3. The second-order valence-corrected chi connectivity index (χ2v) is 6.42. The molecule has 0 saturated carbocycles. The normalized spacial score (nSPS) is 10.6. The Balaban J connectivity index is 1.67. The Kier molecular flexibility index (Phi) is 6.53. The molecule has 3 aromatic rings. The Labute approximate surface area is 180 Å². The zero-order valence-electron chi connectivity index (χ0n) is 15.6. The molecule has 11 heteroatoms. The van der Waals surface area contributed by atoms with Gasteiger partial charge in [-0.25, -0.2) is 5.43 Å². The number of hydrogen-bond acceptors (Lipinski definition) is 7. The summed E-state index contributed by atoms with van der Waals surface area (Å²) in [5.41, 5.74) is 2.33. The minimum absolute atomic E-state index is 0.135. The van der Waals surface area contributed by atoms with E-state index in [1.54, 1.807) is 36.4 Å². The van der Waals surface area contributed by atoms with Crippen molar-refractivity contribution in [1.29, 1.82) is 0 Å². The SMILES string of the molecule is O=C(N/N=C\c1ccc(Oc2ccc([N+](=O)[O-])cc2[N+](=O)[O-])cc1)c1ccccc1Cl. The van der Waals surface area contributed by atoms with E-state index in [9.17, 15) is 25.0 Å². The number of carbonyl (C=O) groups is 1. The number of nitrogens with one attached hydrogen (secondary N) is 1. The number of ether oxygens (including phenoxy) is 1. The molecule has 0 aliphatic heterocycles. The minimum atomic E-state index is -0.759. The van der Waals surface area contributed by atoms with Gasteiger partial charge in [0.1, 0.15) is 5.75 Å². The summed E-state index contributed by atoms with van der Waals surface area (Å²) >= 11 is 5.95. The molecular formula is C20H13ClN4O6. The molecule has 156 valence electrons. The Morgan fingerprint density at radius 1 is 1.00 bits per heavy atom. The Morgan fingerprint density at radius 3 is 2.35 bits per heavy atom. The fraction of sp³-hybridized carbons (Fsp3) is 0. The molecule has 3 aromatic carbocycles.